The second-order valence-electron chi connectivity index (χ2n) is 5.41. The molecular formula is C20H17NO3S2. The molecule has 1 N–H and O–H groups in total. The van der Waals surface area contributed by atoms with Crippen LogP contribution in [0.2, 0.25) is 0 Å². The van der Waals surface area contributed by atoms with Gasteiger partial charge in [-0.25, -0.2) is 4.79 Å². The Morgan fingerprint density at radius 3 is 2.69 bits per heavy atom. The summed E-state index contributed by atoms with van der Waals surface area (Å²) in [7, 11) is 1.37. The number of rotatable bonds is 6. The topological polar surface area (TPSA) is 55.4 Å². The van der Waals surface area contributed by atoms with Gasteiger partial charge in [-0.05, 0) is 41.3 Å². The van der Waals surface area contributed by atoms with Crippen molar-refractivity contribution in [2.24, 2.45) is 0 Å². The average molecular weight is 383 g/mol. The Kier molecular flexibility index (Phi) is 6.09. The molecule has 4 nitrogen and oxygen atoms in total. The Morgan fingerprint density at radius 1 is 1.08 bits per heavy atom. The van der Waals surface area contributed by atoms with Crippen molar-refractivity contribution in [3.8, 4) is 0 Å². The van der Waals surface area contributed by atoms with Gasteiger partial charge in [0.25, 0.3) is 5.91 Å². The molecule has 0 fully saturated rings. The molecule has 132 valence electrons. The molecule has 6 heteroatoms. The van der Waals surface area contributed by atoms with Crippen LogP contribution in [0.4, 0.5) is 5.69 Å². The first kappa shape index (κ1) is 18.2. The number of anilines is 1. The van der Waals surface area contributed by atoms with Gasteiger partial charge in [-0.2, -0.15) is 0 Å². The van der Waals surface area contributed by atoms with Crippen molar-refractivity contribution in [1.82, 2.24) is 0 Å². The number of thioether (sulfide) groups is 1. The number of esters is 1. The summed E-state index contributed by atoms with van der Waals surface area (Å²) >= 11 is 3.01. The molecule has 0 saturated carbocycles. The minimum absolute atomic E-state index is 0.110. The van der Waals surface area contributed by atoms with Gasteiger partial charge in [-0.3, -0.25) is 4.79 Å². The first-order valence-corrected chi connectivity index (χ1v) is 9.78. The van der Waals surface area contributed by atoms with Crippen LogP contribution in [0.3, 0.4) is 0 Å². The normalized spacial score (nSPS) is 10.3. The van der Waals surface area contributed by atoms with Crippen molar-refractivity contribution in [3.63, 3.8) is 0 Å². The summed E-state index contributed by atoms with van der Waals surface area (Å²) in [6.45, 7) is 0. The number of benzene rings is 2. The minimum Gasteiger partial charge on any atom is -0.465 e. The molecule has 3 aromatic rings. The summed E-state index contributed by atoms with van der Waals surface area (Å²) in [4.78, 5) is 25.6. The molecule has 1 aromatic heterocycles. The third-order valence-corrected chi connectivity index (χ3v) is 5.64. The van der Waals surface area contributed by atoms with Crippen LogP contribution in [0.15, 0.2) is 70.9 Å². The Balaban J connectivity index is 1.71. The van der Waals surface area contributed by atoms with Gasteiger partial charge in [0.15, 0.2) is 0 Å². The largest absolute Gasteiger partial charge is 0.465 e. The van der Waals surface area contributed by atoms with Crippen LogP contribution in [0, 0.1) is 0 Å². The van der Waals surface area contributed by atoms with E-state index in [-0.39, 0.29) is 11.9 Å². The number of hydrogen-bond acceptors (Lipinski definition) is 5. The summed E-state index contributed by atoms with van der Waals surface area (Å²) < 4.78 is 4.76. The molecular weight excluding hydrogens is 366 g/mol. The number of para-hydroxylation sites is 1. The van der Waals surface area contributed by atoms with Crippen LogP contribution in [0.5, 0.6) is 0 Å². The van der Waals surface area contributed by atoms with E-state index in [4.69, 9.17) is 4.74 Å². The van der Waals surface area contributed by atoms with E-state index >= 15 is 0 Å². The van der Waals surface area contributed by atoms with E-state index in [0.717, 1.165) is 16.1 Å². The van der Waals surface area contributed by atoms with Gasteiger partial charge in [0.1, 0.15) is 0 Å². The van der Waals surface area contributed by atoms with E-state index in [9.17, 15) is 9.59 Å². The zero-order valence-electron chi connectivity index (χ0n) is 14.1. The molecule has 0 aliphatic heterocycles. The molecule has 2 aromatic carbocycles. The monoisotopic (exact) mass is 383 g/mol. The van der Waals surface area contributed by atoms with Gasteiger partial charge in [0.2, 0.25) is 0 Å². The lowest BCUT2D eigenvalue weighted by molar-refractivity contribution is 0.0600. The number of hydrogen-bond donors (Lipinski definition) is 1. The van der Waals surface area contributed by atoms with E-state index in [2.05, 4.69) is 5.32 Å². The summed E-state index contributed by atoms with van der Waals surface area (Å²) in [6, 6.07) is 18.7. The van der Waals surface area contributed by atoms with Crippen LogP contribution < -0.4 is 5.32 Å². The van der Waals surface area contributed by atoms with Crippen molar-refractivity contribution in [1.29, 1.82) is 0 Å². The summed E-state index contributed by atoms with van der Waals surface area (Å²) in [5, 5.41) is 4.84. The van der Waals surface area contributed by atoms with E-state index in [1.807, 2.05) is 53.9 Å². The summed E-state index contributed by atoms with van der Waals surface area (Å²) in [5.74, 6) is 0.220. The number of nitrogens with one attached hydrogen (secondary N) is 1. The standard InChI is InChI=1S/C20H17NO3S2/c1-24-20(23)15-7-4-6-14(12-15)13-26-17-9-3-2-8-16(17)21-19(22)18-10-5-11-25-18/h2-12H,13H2,1H3,(H,21,22). The van der Waals surface area contributed by atoms with Crippen molar-refractivity contribution >= 4 is 40.7 Å². The molecule has 0 radical (unpaired) electrons. The van der Waals surface area contributed by atoms with Gasteiger partial charge in [0.05, 0.1) is 23.2 Å². The van der Waals surface area contributed by atoms with Crippen molar-refractivity contribution < 1.29 is 14.3 Å². The molecule has 0 atom stereocenters. The molecule has 0 bridgehead atoms. The van der Waals surface area contributed by atoms with E-state index < -0.39 is 0 Å². The first-order valence-electron chi connectivity index (χ1n) is 7.91. The van der Waals surface area contributed by atoms with Gasteiger partial charge < -0.3 is 10.1 Å². The Bertz CT molecular complexity index is 907. The second kappa shape index (κ2) is 8.69. The minimum atomic E-state index is -0.347. The van der Waals surface area contributed by atoms with Crippen LogP contribution in [0.25, 0.3) is 0 Å². The number of carbonyl (C=O) groups excluding carboxylic acids is 2. The lowest BCUT2D eigenvalue weighted by atomic mass is 10.1. The highest BCUT2D eigenvalue weighted by atomic mass is 32.2. The predicted octanol–water partition coefficient (Wildman–Crippen LogP) is 5.08. The Labute approximate surface area is 160 Å². The molecule has 0 aliphatic carbocycles. The highest BCUT2D eigenvalue weighted by Gasteiger charge is 2.11. The smallest absolute Gasteiger partial charge is 0.337 e. The van der Waals surface area contributed by atoms with Crippen molar-refractivity contribution in [2.75, 3.05) is 12.4 Å². The maximum Gasteiger partial charge on any atom is 0.337 e. The quantitative estimate of drug-likeness (QED) is 0.476. The lowest BCUT2D eigenvalue weighted by Crippen LogP contribution is -2.10. The molecule has 1 heterocycles. The molecule has 1 amide bonds. The van der Waals surface area contributed by atoms with Crippen molar-refractivity contribution in [2.45, 2.75) is 10.6 Å². The van der Waals surface area contributed by atoms with Crippen LogP contribution in [-0.4, -0.2) is 19.0 Å². The number of carbonyl (C=O) groups is 2. The number of amides is 1. The third kappa shape index (κ3) is 4.53. The summed E-state index contributed by atoms with van der Waals surface area (Å²) in [5.41, 5.74) is 2.32. The summed E-state index contributed by atoms with van der Waals surface area (Å²) in [6.07, 6.45) is 0. The number of thiophene rings is 1. The van der Waals surface area contributed by atoms with Crippen LogP contribution in [-0.2, 0) is 10.5 Å². The fraction of sp³-hybridized carbons (Fsp3) is 0.100. The molecule has 0 spiro atoms. The maximum atomic E-state index is 12.3. The van der Waals surface area contributed by atoms with Crippen LogP contribution in [0.1, 0.15) is 25.6 Å². The van der Waals surface area contributed by atoms with E-state index in [1.165, 1.54) is 18.4 Å². The van der Waals surface area contributed by atoms with Crippen molar-refractivity contribution in [3.05, 3.63) is 82.0 Å². The van der Waals surface area contributed by atoms with Gasteiger partial charge in [0, 0.05) is 10.6 Å². The van der Waals surface area contributed by atoms with Crippen LogP contribution >= 0.6 is 23.1 Å². The highest BCUT2D eigenvalue weighted by Crippen LogP contribution is 2.30. The van der Waals surface area contributed by atoms with Gasteiger partial charge in [-0.15, -0.1) is 23.1 Å². The number of methoxy groups -OCH3 is 1. The molecule has 26 heavy (non-hydrogen) atoms. The van der Waals surface area contributed by atoms with Gasteiger partial charge in [-0.1, -0.05) is 30.3 Å². The SMILES string of the molecule is COC(=O)c1cccc(CSc2ccccc2NC(=O)c2cccs2)c1. The second-order valence-corrected chi connectivity index (χ2v) is 7.37. The highest BCUT2D eigenvalue weighted by molar-refractivity contribution is 7.98. The van der Waals surface area contributed by atoms with E-state index in [1.54, 1.807) is 23.9 Å². The van der Waals surface area contributed by atoms with E-state index in [0.29, 0.717) is 16.2 Å². The fourth-order valence-electron chi connectivity index (χ4n) is 2.35. The zero-order valence-corrected chi connectivity index (χ0v) is 15.7. The molecule has 0 unspecified atom stereocenters. The molecule has 3 rings (SSSR count). The molecule has 0 saturated heterocycles. The maximum absolute atomic E-state index is 12.3. The predicted molar refractivity (Wildman–Crippen MR) is 106 cm³/mol. The Hall–Kier alpha value is -2.57. The first-order chi connectivity index (χ1) is 12.7. The van der Waals surface area contributed by atoms with Gasteiger partial charge >= 0.3 is 5.97 Å². The fourth-order valence-corrected chi connectivity index (χ4v) is 3.92. The zero-order chi connectivity index (χ0) is 18.4. The molecule has 0 aliphatic rings. The average Bonchev–Trinajstić information content (AvgIpc) is 3.22. The third-order valence-electron chi connectivity index (χ3n) is 3.62. The Morgan fingerprint density at radius 2 is 1.92 bits per heavy atom. The number of ether oxygens (including phenoxy) is 1. The lowest BCUT2D eigenvalue weighted by Gasteiger charge is -2.10.